The van der Waals surface area contributed by atoms with E-state index in [2.05, 4.69) is 15.5 Å². The van der Waals surface area contributed by atoms with Gasteiger partial charge < -0.3 is 41.3 Å². The number of nitrogens with two attached hydrogens (primary N) is 1. The normalized spacial score (nSPS) is 21.5. The number of aliphatic hydroxyl groups is 2. The summed E-state index contributed by atoms with van der Waals surface area (Å²) in [6, 6.07) is 17.7. The molecular weight excluding hydrogens is 1270 g/mol. The summed E-state index contributed by atoms with van der Waals surface area (Å²) in [6.07, 6.45) is 1.51. The lowest BCUT2D eigenvalue weighted by Gasteiger charge is -2.36. The molecule has 91 heavy (non-hydrogen) atoms. The highest BCUT2D eigenvalue weighted by molar-refractivity contribution is 7.15. The van der Waals surface area contributed by atoms with Crippen LogP contribution in [0.15, 0.2) is 93.6 Å². The summed E-state index contributed by atoms with van der Waals surface area (Å²) in [7, 11) is 0. The summed E-state index contributed by atoms with van der Waals surface area (Å²) >= 11 is 7.36. The third-order valence-corrected chi connectivity index (χ3v) is 22.9. The molecule has 0 spiro atoms. The van der Waals surface area contributed by atoms with E-state index in [4.69, 9.17) is 40.6 Å². The number of aryl methyl sites for hydroxylation is 2. The molecule has 468 valence electrons. The molecule has 11 heterocycles. The second-order valence-electron chi connectivity index (χ2n) is 23.4. The zero-order valence-corrected chi connectivity index (χ0v) is 54.6. The van der Waals surface area contributed by atoms with E-state index in [1.165, 1.54) is 63.6 Å². The third-order valence-electron chi connectivity index (χ3n) is 17.3. The Morgan fingerprint density at radius 3 is 2.08 bits per heavy atom. The van der Waals surface area contributed by atoms with Crippen molar-refractivity contribution in [2.45, 2.75) is 108 Å². The van der Waals surface area contributed by atoms with Gasteiger partial charge in [0.2, 0.25) is 11.8 Å². The number of hydrogen-bond acceptors (Lipinski definition) is 22. The first-order valence-corrected chi connectivity index (χ1v) is 35.2. The topological polar surface area (TPSA) is 293 Å². The van der Waals surface area contributed by atoms with Crippen LogP contribution in [0, 0.1) is 19.8 Å². The molecule has 27 heteroatoms. The van der Waals surface area contributed by atoms with Crippen LogP contribution < -0.4 is 16.4 Å². The quantitative estimate of drug-likeness (QED) is 0.0899. The molecule has 21 nitrogen and oxygen atoms in total. The van der Waals surface area contributed by atoms with Crippen LogP contribution in [0.1, 0.15) is 148 Å². The number of amides is 5. The molecule has 5 amide bonds. The molecule has 4 aliphatic rings. The van der Waals surface area contributed by atoms with Gasteiger partial charge in [0.05, 0.1) is 41.4 Å². The van der Waals surface area contributed by atoms with Gasteiger partial charge in [0.25, 0.3) is 17.7 Å². The van der Waals surface area contributed by atoms with E-state index in [9.17, 15) is 34.2 Å². The number of pyridine rings is 1. The van der Waals surface area contributed by atoms with Crippen molar-refractivity contribution in [2.24, 2.45) is 11.7 Å². The number of carbonyl (C=O) groups excluding carboxylic acids is 6. The fourth-order valence-corrected chi connectivity index (χ4v) is 17.7. The zero-order valence-electron chi connectivity index (χ0n) is 49.7. The molecular formula is C64H63N13O8S6. The van der Waals surface area contributed by atoms with Crippen molar-refractivity contribution in [3.8, 4) is 43.4 Å². The molecule has 7 atom stereocenters. The molecule has 4 aliphatic heterocycles. The van der Waals surface area contributed by atoms with Crippen LogP contribution in [-0.4, -0.2) is 146 Å². The predicted octanol–water partition coefficient (Wildman–Crippen LogP) is 9.48. The summed E-state index contributed by atoms with van der Waals surface area (Å²) in [4.78, 5) is 127. The Morgan fingerprint density at radius 2 is 1.32 bits per heavy atom. The number of piperidine rings is 1. The lowest BCUT2D eigenvalue weighted by atomic mass is 9.90. The molecule has 0 radical (unpaired) electrons. The number of nitrogens with zero attached hydrogens (tertiary/aromatic N) is 10. The summed E-state index contributed by atoms with van der Waals surface area (Å²) in [5.74, 6) is -4.52. The molecule has 0 saturated carbocycles. The molecule has 2 aromatic carbocycles. The standard InChI is InChI=1S/C64H63N13O8S6/c1-32-11-13-35(14-12-32)23-42-64(85)77-26-49(79)33(2)53(77)62-72-46(30-90-62)60-69-43(27-88-60)52-38(15-16-40(66-52)59-73-47(31-89-59)63(84)76-21-17-37(18-22-76)75-19-7-8-20-75)57-70-44(28-86-57)55(82)67-41(25-50(65)80)61-74-51(34(3)91-61)48(78)24-39(54(81)36-9-5-4-6-10-36)58-71-45(29-87-58)56(83)68-42/h4-6,9-16,27-31,33,37,39,41-42,49,53-54,79,81H,7-8,17-26H2,1-3H3,(H2,65,80)(H,67,82)(H,68,83)/t33-,39-,41-,42-,49-,53-,54+/m0/s1. The Labute approximate surface area is 547 Å². The molecule has 10 bridgehead atoms. The third kappa shape index (κ3) is 13.1. The number of primary amides is 1. The monoisotopic (exact) mass is 1330 g/mol. The Morgan fingerprint density at radius 1 is 0.670 bits per heavy atom. The highest BCUT2D eigenvalue weighted by Gasteiger charge is 2.46. The number of hydrogen-bond donors (Lipinski definition) is 5. The summed E-state index contributed by atoms with van der Waals surface area (Å²) in [5, 5.41) is 40.7. The van der Waals surface area contributed by atoms with Crippen molar-refractivity contribution < 1.29 is 39.0 Å². The van der Waals surface area contributed by atoms with Crippen molar-refractivity contribution in [3.63, 3.8) is 0 Å². The highest BCUT2D eigenvalue weighted by Crippen LogP contribution is 2.44. The molecule has 0 unspecified atom stereocenters. The van der Waals surface area contributed by atoms with Crippen molar-refractivity contribution in [2.75, 3.05) is 32.7 Å². The average molecular weight is 1330 g/mol. The number of fused-ring (bicyclic) bond motifs is 16. The number of thiazole rings is 6. The minimum atomic E-state index is -1.27. The van der Waals surface area contributed by atoms with Crippen molar-refractivity contribution >= 4 is 103 Å². The Hall–Kier alpha value is -7.73. The van der Waals surface area contributed by atoms with Gasteiger partial charge in [-0.2, -0.15) is 0 Å². The van der Waals surface area contributed by atoms with Crippen LogP contribution in [0.5, 0.6) is 0 Å². The zero-order chi connectivity index (χ0) is 63.2. The van der Waals surface area contributed by atoms with E-state index in [1.54, 1.807) is 59.0 Å². The van der Waals surface area contributed by atoms with Crippen LogP contribution in [0.25, 0.3) is 43.4 Å². The summed E-state index contributed by atoms with van der Waals surface area (Å²) in [5.41, 5.74) is 10.9. The highest BCUT2D eigenvalue weighted by atomic mass is 32.1. The van der Waals surface area contributed by atoms with Crippen LogP contribution in [0.2, 0.25) is 0 Å². The SMILES string of the molecule is Cc1ccc(C[C@@H]2NC(=O)c3csc(n3)[C@H]([C@H](O)c3ccccc3)CC(=O)c3nc(sc3C)[C@H](CC(N)=O)NC(=O)c3csc(n3)-c3ccc(-c4nc(C(=O)N5CCC(N6CCCC6)CC5)cs4)nc3-c3csc(n3)-c3csc(n3)[C@@H]3[C@@H](C)[C@@H](O)CN3C2=O)cc1. The number of aliphatic hydroxyl groups excluding tert-OH is 2. The fourth-order valence-electron chi connectivity index (χ4n) is 12.3. The summed E-state index contributed by atoms with van der Waals surface area (Å²) in [6.45, 7) is 9.04. The van der Waals surface area contributed by atoms with Crippen molar-refractivity contribution in [1.29, 1.82) is 0 Å². The number of nitrogens with one attached hydrogen (secondary N) is 2. The number of carbonyl (C=O) groups is 6. The smallest absolute Gasteiger partial charge is 0.273 e. The van der Waals surface area contributed by atoms with E-state index in [0.29, 0.717) is 83.6 Å². The van der Waals surface area contributed by atoms with Gasteiger partial charge in [-0.25, -0.2) is 34.9 Å². The average Bonchev–Trinajstić information content (AvgIpc) is 1.72. The number of benzene rings is 2. The van der Waals surface area contributed by atoms with Gasteiger partial charge in [-0.1, -0.05) is 67.1 Å². The molecule has 6 N–H and O–H groups in total. The van der Waals surface area contributed by atoms with Crippen LogP contribution in [0.4, 0.5) is 0 Å². The fraction of sp³-hybridized carbons (Fsp3) is 0.359. The van der Waals surface area contributed by atoms with Gasteiger partial charge in [-0.3, -0.25) is 28.8 Å². The lowest BCUT2D eigenvalue weighted by molar-refractivity contribution is -0.134. The van der Waals surface area contributed by atoms with E-state index < -0.39 is 71.6 Å². The maximum absolute atomic E-state index is 15.3. The molecule has 3 saturated heterocycles. The maximum Gasteiger partial charge on any atom is 0.273 e. The van der Waals surface area contributed by atoms with Crippen LogP contribution >= 0.6 is 68.0 Å². The minimum Gasteiger partial charge on any atom is -0.391 e. The van der Waals surface area contributed by atoms with Crippen LogP contribution in [0.3, 0.4) is 0 Å². The van der Waals surface area contributed by atoms with E-state index >= 15 is 4.79 Å². The second kappa shape index (κ2) is 26.5. The van der Waals surface area contributed by atoms with Gasteiger partial charge in [-0.05, 0) is 75.9 Å². The number of ketones is 1. The van der Waals surface area contributed by atoms with Gasteiger partial charge >= 0.3 is 0 Å². The van der Waals surface area contributed by atoms with Crippen LogP contribution in [-0.2, 0) is 16.0 Å². The van der Waals surface area contributed by atoms with Gasteiger partial charge in [0, 0.05) is 87.7 Å². The van der Waals surface area contributed by atoms with Gasteiger partial charge in [0.15, 0.2) is 5.78 Å². The largest absolute Gasteiger partial charge is 0.391 e. The lowest BCUT2D eigenvalue weighted by Crippen LogP contribution is -2.50. The van der Waals surface area contributed by atoms with E-state index in [0.717, 1.165) is 59.7 Å². The van der Waals surface area contributed by atoms with Gasteiger partial charge in [0.1, 0.15) is 70.9 Å². The minimum absolute atomic E-state index is 0.0223. The first-order chi connectivity index (χ1) is 44.0. The predicted molar refractivity (Wildman–Crippen MR) is 350 cm³/mol. The maximum atomic E-state index is 15.3. The Balaban J connectivity index is 0.878. The van der Waals surface area contributed by atoms with Gasteiger partial charge in [-0.15, -0.1) is 68.0 Å². The first kappa shape index (κ1) is 62.1. The molecule has 9 aromatic rings. The number of aromatic nitrogens is 7. The number of likely N-dealkylation sites (tertiary alicyclic amines) is 2. The van der Waals surface area contributed by atoms with Crippen molar-refractivity contribution in [3.05, 3.63) is 153 Å². The first-order valence-electron chi connectivity index (χ1n) is 30.0. The van der Waals surface area contributed by atoms with E-state index in [1.807, 2.05) is 59.8 Å². The van der Waals surface area contributed by atoms with Crippen molar-refractivity contribution in [1.82, 2.24) is 60.2 Å². The molecule has 13 rings (SSSR count). The molecule has 7 aromatic heterocycles. The Kier molecular flexibility index (Phi) is 18.1. The van der Waals surface area contributed by atoms with E-state index in [-0.39, 0.29) is 58.8 Å². The second-order valence-corrected chi connectivity index (χ2v) is 29.0. The summed E-state index contributed by atoms with van der Waals surface area (Å²) < 4.78 is 0. The number of Topliss-reactive ketones (excluding diaryl/α,β-unsaturated/α-hetero) is 1. The molecule has 3 fully saturated rings. The number of rotatable bonds is 9. The Bertz CT molecular complexity index is 4200. The molecule has 0 aliphatic carbocycles.